The minimum atomic E-state index is 0.188. The van der Waals surface area contributed by atoms with E-state index in [0.29, 0.717) is 0 Å². The van der Waals surface area contributed by atoms with Gasteiger partial charge in [-0.3, -0.25) is 0 Å². The monoisotopic (exact) mass is 617 g/mol. The van der Waals surface area contributed by atoms with Gasteiger partial charge in [0.15, 0.2) is 0 Å². The summed E-state index contributed by atoms with van der Waals surface area (Å²) in [4.78, 5) is 2.57. The first-order valence-corrected chi connectivity index (χ1v) is 17.4. The molecule has 0 atom stereocenters. The predicted molar refractivity (Wildman–Crippen MR) is 202 cm³/mol. The molecule has 212 valence electrons. The Labute approximate surface area is 274 Å². The summed E-state index contributed by atoms with van der Waals surface area (Å²) in [6.07, 6.45) is 0. The van der Waals surface area contributed by atoms with Crippen LogP contribution in [0.5, 0.6) is 0 Å². The zero-order valence-electron chi connectivity index (χ0n) is 24.7. The molecule has 2 aliphatic heterocycles. The average Bonchev–Trinajstić information content (AvgIpc) is 3.77. The SMILES string of the molecule is c1ccc(-c2cc3c4c(c2)N(c2ccc5c(c2)sc2ccccc25)c2cc5sc6ccccc6c5cc2B4c2ccccc2-3)cc1. The van der Waals surface area contributed by atoms with Crippen molar-refractivity contribution in [2.24, 2.45) is 0 Å². The van der Waals surface area contributed by atoms with Crippen LogP contribution in [0.1, 0.15) is 0 Å². The second-order valence-electron chi connectivity index (χ2n) is 12.5. The van der Waals surface area contributed by atoms with Gasteiger partial charge in [-0.15, -0.1) is 22.7 Å². The molecule has 0 aliphatic carbocycles. The van der Waals surface area contributed by atoms with Gasteiger partial charge in [0, 0.05) is 52.0 Å². The Morgan fingerprint density at radius 3 is 1.91 bits per heavy atom. The molecule has 0 fully saturated rings. The molecule has 9 aromatic rings. The van der Waals surface area contributed by atoms with Gasteiger partial charge < -0.3 is 4.90 Å². The highest BCUT2D eigenvalue weighted by atomic mass is 32.1. The van der Waals surface area contributed by atoms with Crippen molar-refractivity contribution < 1.29 is 0 Å². The smallest absolute Gasteiger partial charge is 0.248 e. The fraction of sp³-hybridized carbons (Fsp3) is 0. The Morgan fingerprint density at radius 1 is 0.413 bits per heavy atom. The number of nitrogens with zero attached hydrogens (tertiary/aromatic N) is 1. The van der Waals surface area contributed by atoms with Crippen LogP contribution in [0.2, 0.25) is 0 Å². The minimum Gasteiger partial charge on any atom is -0.311 e. The van der Waals surface area contributed by atoms with Crippen LogP contribution in [0.3, 0.4) is 0 Å². The van der Waals surface area contributed by atoms with Crippen LogP contribution >= 0.6 is 22.7 Å². The summed E-state index contributed by atoms with van der Waals surface area (Å²) < 4.78 is 5.34. The lowest BCUT2D eigenvalue weighted by Gasteiger charge is -2.36. The maximum absolute atomic E-state index is 2.57. The lowest BCUT2D eigenvalue weighted by molar-refractivity contribution is 1.31. The van der Waals surface area contributed by atoms with Gasteiger partial charge in [-0.1, -0.05) is 109 Å². The standard InChI is InChI=1S/C42H24BNS2/c1-2-10-25(11-3-1)26-20-33-28-12-4-7-15-34(28)43-35-23-32-30-14-6-9-17-39(30)46-41(32)24-36(35)44(37(21-26)42(33)43)27-18-19-31-29-13-5-8-16-38(29)45-40(31)22-27/h1-24H. The van der Waals surface area contributed by atoms with Crippen molar-refractivity contribution in [2.75, 3.05) is 4.90 Å². The summed E-state index contributed by atoms with van der Waals surface area (Å²) >= 11 is 3.79. The number of fused-ring (bicyclic) bond motifs is 11. The minimum absolute atomic E-state index is 0.188. The normalized spacial score (nSPS) is 13.1. The van der Waals surface area contributed by atoms with Crippen molar-refractivity contribution in [1.29, 1.82) is 0 Å². The van der Waals surface area contributed by atoms with Gasteiger partial charge in [0.25, 0.3) is 0 Å². The second-order valence-corrected chi connectivity index (χ2v) is 14.6. The third-order valence-electron chi connectivity index (χ3n) is 10.1. The Hall–Kier alpha value is -5.16. The lowest BCUT2D eigenvalue weighted by atomic mass is 9.37. The molecule has 4 heterocycles. The maximum atomic E-state index is 2.57. The quantitative estimate of drug-likeness (QED) is 0.175. The third kappa shape index (κ3) is 3.35. The van der Waals surface area contributed by atoms with Crippen molar-refractivity contribution in [3.63, 3.8) is 0 Å². The van der Waals surface area contributed by atoms with E-state index in [9.17, 15) is 0 Å². The van der Waals surface area contributed by atoms with Crippen LogP contribution in [0, 0.1) is 0 Å². The van der Waals surface area contributed by atoms with Crippen LogP contribution in [-0.4, -0.2) is 6.71 Å². The summed E-state index contributed by atoms with van der Waals surface area (Å²) in [5.41, 5.74) is 13.2. The van der Waals surface area contributed by atoms with E-state index in [4.69, 9.17) is 0 Å². The van der Waals surface area contributed by atoms with Crippen molar-refractivity contribution in [2.45, 2.75) is 0 Å². The fourth-order valence-electron chi connectivity index (χ4n) is 8.08. The molecule has 7 aromatic carbocycles. The molecule has 0 saturated carbocycles. The number of benzene rings is 7. The number of hydrogen-bond donors (Lipinski definition) is 0. The molecular weight excluding hydrogens is 593 g/mol. The number of hydrogen-bond acceptors (Lipinski definition) is 3. The van der Waals surface area contributed by atoms with Crippen molar-refractivity contribution in [1.82, 2.24) is 0 Å². The molecule has 4 heteroatoms. The Morgan fingerprint density at radius 2 is 1.09 bits per heavy atom. The van der Waals surface area contributed by atoms with E-state index >= 15 is 0 Å². The molecule has 2 aliphatic rings. The van der Waals surface area contributed by atoms with Crippen LogP contribution in [0.25, 0.3) is 62.6 Å². The van der Waals surface area contributed by atoms with Gasteiger partial charge >= 0.3 is 0 Å². The zero-order chi connectivity index (χ0) is 29.9. The van der Waals surface area contributed by atoms with E-state index in [1.54, 1.807) is 0 Å². The Kier molecular flexibility index (Phi) is 5.02. The maximum Gasteiger partial charge on any atom is 0.248 e. The van der Waals surface area contributed by atoms with Gasteiger partial charge in [0.1, 0.15) is 0 Å². The van der Waals surface area contributed by atoms with Gasteiger partial charge in [-0.05, 0) is 81.0 Å². The van der Waals surface area contributed by atoms with Gasteiger partial charge in [0.05, 0.1) is 0 Å². The van der Waals surface area contributed by atoms with Crippen molar-refractivity contribution >= 4 is 103 Å². The summed E-state index contributed by atoms with van der Waals surface area (Å²) in [6.45, 7) is 0.188. The van der Waals surface area contributed by atoms with E-state index < -0.39 is 0 Å². The molecule has 0 unspecified atom stereocenters. The molecule has 46 heavy (non-hydrogen) atoms. The molecule has 0 spiro atoms. The van der Waals surface area contributed by atoms with Crippen LogP contribution in [0.15, 0.2) is 146 Å². The molecule has 0 amide bonds. The first-order valence-electron chi connectivity index (χ1n) is 15.8. The topological polar surface area (TPSA) is 3.24 Å². The van der Waals surface area contributed by atoms with Gasteiger partial charge in [0.2, 0.25) is 6.71 Å². The largest absolute Gasteiger partial charge is 0.311 e. The van der Waals surface area contributed by atoms with Crippen molar-refractivity contribution in [3.8, 4) is 22.3 Å². The molecule has 2 aromatic heterocycles. The number of thiophene rings is 2. The van der Waals surface area contributed by atoms with Crippen molar-refractivity contribution in [3.05, 3.63) is 146 Å². The second kappa shape index (κ2) is 9.20. The highest BCUT2D eigenvalue weighted by Crippen LogP contribution is 2.47. The first kappa shape index (κ1) is 25.1. The molecule has 0 saturated heterocycles. The predicted octanol–water partition coefficient (Wildman–Crippen LogP) is 10.4. The molecule has 0 radical (unpaired) electrons. The fourth-order valence-corrected chi connectivity index (χ4v) is 10.3. The average molecular weight is 618 g/mol. The van der Waals surface area contributed by atoms with Gasteiger partial charge in [-0.25, -0.2) is 0 Å². The van der Waals surface area contributed by atoms with Gasteiger partial charge in [-0.2, -0.15) is 0 Å². The van der Waals surface area contributed by atoms with E-state index in [-0.39, 0.29) is 6.71 Å². The highest BCUT2D eigenvalue weighted by molar-refractivity contribution is 7.26. The molecule has 1 nitrogen and oxygen atoms in total. The first-order chi connectivity index (χ1) is 22.8. The third-order valence-corrected chi connectivity index (χ3v) is 12.3. The molecule has 11 rings (SSSR count). The molecule has 0 bridgehead atoms. The van der Waals surface area contributed by atoms with Crippen LogP contribution < -0.4 is 21.3 Å². The summed E-state index contributed by atoms with van der Waals surface area (Å²) in [6, 6.07) is 54.6. The van der Waals surface area contributed by atoms with E-state index in [1.165, 1.54) is 96.0 Å². The Balaban J connectivity index is 1.26. The van der Waals surface area contributed by atoms with Crippen LogP contribution in [0.4, 0.5) is 17.1 Å². The van der Waals surface area contributed by atoms with E-state index in [2.05, 4.69) is 150 Å². The highest BCUT2D eigenvalue weighted by Gasteiger charge is 2.43. The lowest BCUT2D eigenvalue weighted by Crippen LogP contribution is -2.54. The summed E-state index contributed by atoms with van der Waals surface area (Å²) in [7, 11) is 0. The Bertz CT molecular complexity index is 2720. The summed E-state index contributed by atoms with van der Waals surface area (Å²) in [5.74, 6) is 0. The van der Waals surface area contributed by atoms with Crippen LogP contribution in [-0.2, 0) is 0 Å². The number of rotatable bonds is 2. The zero-order valence-corrected chi connectivity index (χ0v) is 26.3. The van der Waals surface area contributed by atoms with E-state index in [1.807, 2.05) is 22.7 Å². The van der Waals surface area contributed by atoms with E-state index in [0.717, 1.165) is 0 Å². The summed E-state index contributed by atoms with van der Waals surface area (Å²) in [5, 5.41) is 5.37. The molecule has 0 N–H and O–H groups in total. The molecular formula is C42H24BNS2. The number of anilines is 3.